The molecule has 3 heterocycles. The Morgan fingerprint density at radius 2 is 1.96 bits per heavy atom. The first-order valence-corrected chi connectivity index (χ1v) is 7.98. The monoisotopic (exact) mass is 345 g/mol. The predicted molar refractivity (Wildman–Crippen MR) is 91.5 cm³/mol. The third-order valence-electron chi connectivity index (χ3n) is 3.06. The van der Waals surface area contributed by atoms with Gasteiger partial charge in [0.25, 0.3) is 0 Å². The van der Waals surface area contributed by atoms with Crippen LogP contribution < -0.4 is 10.7 Å². The molecule has 0 fully saturated rings. The Balaban J connectivity index is 1.66. The summed E-state index contributed by atoms with van der Waals surface area (Å²) in [5.74, 6) is 0.537. The maximum Gasteiger partial charge on any atom is 0.229 e. The van der Waals surface area contributed by atoms with Gasteiger partial charge in [-0.2, -0.15) is 0 Å². The molecule has 0 atom stereocenters. The molecule has 0 aliphatic rings. The van der Waals surface area contributed by atoms with E-state index in [1.165, 1.54) is 23.5 Å². The first-order valence-electron chi connectivity index (χ1n) is 6.79. The number of thiophene rings is 1. The summed E-state index contributed by atoms with van der Waals surface area (Å²) in [6.07, 6.45) is 5.14. The molecule has 5 nitrogen and oxygen atoms in total. The molecule has 0 radical (unpaired) electrons. The van der Waals surface area contributed by atoms with Crippen LogP contribution in [0.4, 0.5) is 5.69 Å². The summed E-state index contributed by atoms with van der Waals surface area (Å²) >= 11 is 7.23. The molecule has 1 amide bonds. The molecule has 0 aromatic carbocycles. The molecule has 0 spiro atoms. The number of anilines is 1. The van der Waals surface area contributed by atoms with Gasteiger partial charge in [0, 0.05) is 29.4 Å². The zero-order valence-electron chi connectivity index (χ0n) is 11.9. The topological polar surface area (TPSA) is 64.0 Å². The van der Waals surface area contributed by atoms with Crippen LogP contribution in [0.1, 0.15) is 4.88 Å². The number of carbonyl (C=O) groups is 1. The lowest BCUT2D eigenvalue weighted by Crippen LogP contribution is -2.14. The summed E-state index contributed by atoms with van der Waals surface area (Å²) in [7, 11) is 0. The second kappa shape index (κ2) is 6.76. The van der Waals surface area contributed by atoms with E-state index in [0.29, 0.717) is 15.8 Å². The van der Waals surface area contributed by atoms with Gasteiger partial charge in [0.15, 0.2) is 5.43 Å². The van der Waals surface area contributed by atoms with Gasteiger partial charge in [-0.1, -0.05) is 11.6 Å². The third kappa shape index (κ3) is 4.06. The molecule has 0 saturated carbocycles. The molecule has 1 N–H and O–H groups in total. The van der Waals surface area contributed by atoms with Crippen molar-refractivity contribution in [3.63, 3.8) is 0 Å². The number of nitrogens with zero attached hydrogens (tertiary/aromatic N) is 2. The van der Waals surface area contributed by atoms with Crippen LogP contribution in [0.15, 0.2) is 59.8 Å². The molecule has 0 aliphatic carbocycles. The molecule has 3 aromatic heterocycles. The highest BCUT2D eigenvalue weighted by molar-refractivity contribution is 7.16. The van der Waals surface area contributed by atoms with E-state index in [2.05, 4.69) is 10.3 Å². The first-order chi connectivity index (χ1) is 11.1. The number of nitrogens with one attached hydrogen (secondary N) is 1. The molecule has 0 aliphatic heterocycles. The molecule has 7 heteroatoms. The van der Waals surface area contributed by atoms with Gasteiger partial charge in [-0.05, 0) is 24.3 Å². The molecule has 3 aromatic rings. The van der Waals surface area contributed by atoms with Crippen molar-refractivity contribution in [1.82, 2.24) is 9.55 Å². The third-order valence-corrected chi connectivity index (χ3v) is 4.29. The van der Waals surface area contributed by atoms with Gasteiger partial charge >= 0.3 is 0 Å². The summed E-state index contributed by atoms with van der Waals surface area (Å²) in [5.41, 5.74) is 0.557. The Kier molecular flexibility index (Phi) is 4.55. The average molecular weight is 346 g/mol. The van der Waals surface area contributed by atoms with Crippen LogP contribution >= 0.6 is 22.9 Å². The summed E-state index contributed by atoms with van der Waals surface area (Å²) in [4.78, 5) is 28.2. The van der Waals surface area contributed by atoms with Crippen LogP contribution in [0.2, 0.25) is 4.34 Å². The second-order valence-corrected chi connectivity index (χ2v) is 6.58. The maximum atomic E-state index is 12.0. The van der Waals surface area contributed by atoms with Gasteiger partial charge in [-0.3, -0.25) is 9.59 Å². The van der Waals surface area contributed by atoms with E-state index >= 15 is 0 Å². The van der Waals surface area contributed by atoms with Crippen LogP contribution in [-0.2, 0) is 11.2 Å². The number of halogens is 1. The number of aromatic nitrogens is 2. The van der Waals surface area contributed by atoms with Gasteiger partial charge in [-0.25, -0.2) is 4.98 Å². The fraction of sp³-hybridized carbons (Fsp3) is 0.0625. The van der Waals surface area contributed by atoms with Gasteiger partial charge in [0.2, 0.25) is 5.91 Å². The smallest absolute Gasteiger partial charge is 0.229 e. The molecule has 116 valence electrons. The summed E-state index contributed by atoms with van der Waals surface area (Å²) in [6.45, 7) is 0. The van der Waals surface area contributed by atoms with Crippen molar-refractivity contribution in [3.8, 4) is 5.82 Å². The summed E-state index contributed by atoms with van der Waals surface area (Å²) < 4.78 is 2.39. The molecule has 0 bridgehead atoms. The fourth-order valence-electron chi connectivity index (χ4n) is 1.99. The number of carbonyl (C=O) groups excluding carboxylic acids is 1. The van der Waals surface area contributed by atoms with Crippen LogP contribution in [0.5, 0.6) is 0 Å². The molecule has 0 saturated heterocycles. The SMILES string of the molecule is O=C(Cc1ccc(Cl)s1)Nc1ccc(-n2ccc(=O)cc2)nc1. The lowest BCUT2D eigenvalue weighted by atomic mass is 10.3. The Morgan fingerprint density at radius 1 is 1.17 bits per heavy atom. The number of hydrogen-bond donors (Lipinski definition) is 1. The fourth-order valence-corrected chi connectivity index (χ4v) is 3.07. The zero-order chi connectivity index (χ0) is 16.2. The summed E-state index contributed by atoms with van der Waals surface area (Å²) in [5, 5.41) is 2.79. The van der Waals surface area contributed by atoms with E-state index in [1.807, 2.05) is 6.07 Å². The molecule has 23 heavy (non-hydrogen) atoms. The Hall–Kier alpha value is -2.44. The lowest BCUT2D eigenvalue weighted by Gasteiger charge is -2.07. The molecular weight excluding hydrogens is 334 g/mol. The highest BCUT2D eigenvalue weighted by Crippen LogP contribution is 2.22. The minimum atomic E-state index is -0.124. The minimum absolute atomic E-state index is 0.0567. The van der Waals surface area contributed by atoms with Crippen molar-refractivity contribution in [2.24, 2.45) is 0 Å². The minimum Gasteiger partial charge on any atom is -0.324 e. The van der Waals surface area contributed by atoms with Crippen molar-refractivity contribution >= 4 is 34.5 Å². The largest absolute Gasteiger partial charge is 0.324 e. The van der Waals surface area contributed by atoms with E-state index in [1.54, 1.807) is 41.4 Å². The average Bonchev–Trinajstić information content (AvgIpc) is 2.94. The number of pyridine rings is 2. The van der Waals surface area contributed by atoms with E-state index in [9.17, 15) is 9.59 Å². The predicted octanol–water partition coefficient (Wildman–Crippen LogP) is 3.13. The quantitative estimate of drug-likeness (QED) is 0.790. The lowest BCUT2D eigenvalue weighted by molar-refractivity contribution is -0.115. The number of hydrogen-bond acceptors (Lipinski definition) is 4. The van der Waals surface area contributed by atoms with Crippen LogP contribution in [0, 0.1) is 0 Å². The standard InChI is InChI=1S/C16H12ClN3O2S/c17-14-3-2-13(23-14)9-16(22)19-11-1-4-15(18-10-11)20-7-5-12(21)6-8-20/h1-8,10H,9H2,(H,19,22). The normalized spacial score (nSPS) is 10.5. The first kappa shape index (κ1) is 15.5. The van der Waals surface area contributed by atoms with Crippen molar-refractivity contribution in [2.45, 2.75) is 6.42 Å². The van der Waals surface area contributed by atoms with Crippen molar-refractivity contribution in [3.05, 3.63) is 74.4 Å². The van der Waals surface area contributed by atoms with Crippen LogP contribution in [0.3, 0.4) is 0 Å². The highest BCUT2D eigenvalue weighted by Gasteiger charge is 2.07. The maximum absolute atomic E-state index is 12.0. The summed E-state index contributed by atoms with van der Waals surface area (Å²) in [6, 6.07) is 10.1. The van der Waals surface area contributed by atoms with Gasteiger partial charge < -0.3 is 9.88 Å². The molecule has 3 rings (SSSR count). The Morgan fingerprint density at radius 3 is 2.57 bits per heavy atom. The van der Waals surface area contributed by atoms with Gasteiger partial charge in [0.1, 0.15) is 5.82 Å². The highest BCUT2D eigenvalue weighted by atomic mass is 35.5. The van der Waals surface area contributed by atoms with E-state index in [-0.39, 0.29) is 17.8 Å². The van der Waals surface area contributed by atoms with Crippen LogP contribution in [-0.4, -0.2) is 15.5 Å². The van der Waals surface area contributed by atoms with Gasteiger partial charge in [0.05, 0.1) is 22.6 Å². The van der Waals surface area contributed by atoms with Crippen molar-refractivity contribution < 1.29 is 4.79 Å². The Bertz CT molecular complexity index is 866. The number of amides is 1. The molecular formula is C16H12ClN3O2S. The van der Waals surface area contributed by atoms with Gasteiger partial charge in [-0.15, -0.1) is 11.3 Å². The van der Waals surface area contributed by atoms with Crippen LogP contribution in [0.25, 0.3) is 5.82 Å². The zero-order valence-corrected chi connectivity index (χ0v) is 13.5. The molecule has 0 unspecified atom stereocenters. The number of rotatable bonds is 4. The van der Waals surface area contributed by atoms with E-state index in [0.717, 1.165) is 4.88 Å². The Labute approximate surface area is 141 Å². The van der Waals surface area contributed by atoms with E-state index < -0.39 is 0 Å². The second-order valence-electron chi connectivity index (χ2n) is 4.78. The van der Waals surface area contributed by atoms with Crippen molar-refractivity contribution in [2.75, 3.05) is 5.32 Å². The van der Waals surface area contributed by atoms with E-state index in [4.69, 9.17) is 11.6 Å². The van der Waals surface area contributed by atoms with Crippen molar-refractivity contribution in [1.29, 1.82) is 0 Å².